The molecule has 5 nitrogen and oxygen atoms in total. The zero-order valence-electron chi connectivity index (χ0n) is 16.7. The van der Waals surface area contributed by atoms with Gasteiger partial charge in [-0.3, -0.25) is 4.79 Å². The fraction of sp³-hybridized carbons (Fsp3) is 0.250. The van der Waals surface area contributed by atoms with E-state index in [1.54, 1.807) is 6.33 Å². The second kappa shape index (κ2) is 8.35. The summed E-state index contributed by atoms with van der Waals surface area (Å²) >= 11 is 0. The number of fused-ring (bicyclic) bond motifs is 1. The van der Waals surface area contributed by atoms with Crippen LogP contribution in [0.4, 0.5) is 0 Å². The van der Waals surface area contributed by atoms with Gasteiger partial charge >= 0.3 is 0 Å². The average molecular weight is 384 g/mol. The Kier molecular flexibility index (Phi) is 5.47. The van der Waals surface area contributed by atoms with Crippen LogP contribution in [-0.4, -0.2) is 25.3 Å². The molecular weight excluding hydrogens is 360 g/mol. The first-order chi connectivity index (χ1) is 14.2. The largest absolute Gasteiger partial charge is 0.311 e. The minimum absolute atomic E-state index is 0.120. The molecule has 4 rings (SSSR count). The van der Waals surface area contributed by atoms with Crippen molar-refractivity contribution in [2.75, 3.05) is 0 Å². The fourth-order valence-corrected chi connectivity index (χ4v) is 3.71. The summed E-state index contributed by atoms with van der Waals surface area (Å²) in [5, 5.41) is 0. The van der Waals surface area contributed by atoms with Crippen molar-refractivity contribution in [3.8, 4) is 11.3 Å². The van der Waals surface area contributed by atoms with E-state index in [0.717, 1.165) is 28.0 Å². The summed E-state index contributed by atoms with van der Waals surface area (Å²) in [5.74, 6) is 0.391. The molecule has 0 saturated carbocycles. The number of Topliss-reactive ketones (excluding diaryl/α,β-unsaturated/α-hetero) is 1. The Morgan fingerprint density at radius 3 is 2.55 bits per heavy atom. The number of hydrogen-bond donors (Lipinski definition) is 0. The lowest BCUT2D eigenvalue weighted by molar-refractivity contribution is -0.119. The summed E-state index contributed by atoms with van der Waals surface area (Å²) in [7, 11) is 0. The van der Waals surface area contributed by atoms with Crippen LogP contribution in [-0.2, 0) is 11.3 Å². The second-order valence-corrected chi connectivity index (χ2v) is 7.34. The predicted octanol–water partition coefficient (Wildman–Crippen LogP) is 5.01. The molecule has 2 heterocycles. The lowest BCUT2D eigenvalue weighted by Gasteiger charge is -2.15. The summed E-state index contributed by atoms with van der Waals surface area (Å²) in [6.45, 7) is 4.71. The van der Waals surface area contributed by atoms with E-state index in [2.05, 4.69) is 46.1 Å². The van der Waals surface area contributed by atoms with Crippen LogP contribution in [0.2, 0.25) is 0 Å². The number of carbonyl (C=O) groups excluding carboxylic acids is 1. The lowest BCUT2D eigenvalue weighted by atomic mass is 9.89. The first kappa shape index (κ1) is 19.0. The molecule has 0 amide bonds. The number of ketones is 1. The monoisotopic (exact) mass is 384 g/mol. The highest BCUT2D eigenvalue weighted by atomic mass is 16.1. The molecule has 0 aliphatic heterocycles. The van der Waals surface area contributed by atoms with Crippen LogP contribution in [0.25, 0.3) is 22.4 Å². The van der Waals surface area contributed by atoms with Crippen LogP contribution in [0.15, 0.2) is 67.3 Å². The SMILES string of the molecule is CCC(=O)C[C@H](C)c1ccccc1-c1ncnc2c1ncn2Cc1ccccc1. The number of carbonyl (C=O) groups is 1. The van der Waals surface area contributed by atoms with Crippen LogP contribution in [0.5, 0.6) is 0 Å². The van der Waals surface area contributed by atoms with Crippen LogP contribution < -0.4 is 0 Å². The Bertz CT molecular complexity index is 1130. The van der Waals surface area contributed by atoms with Crippen molar-refractivity contribution < 1.29 is 4.79 Å². The molecule has 0 aliphatic carbocycles. The molecule has 29 heavy (non-hydrogen) atoms. The van der Waals surface area contributed by atoms with Gasteiger partial charge in [0.05, 0.1) is 12.9 Å². The van der Waals surface area contributed by atoms with E-state index in [9.17, 15) is 4.79 Å². The molecular formula is C24H24N4O. The van der Waals surface area contributed by atoms with Gasteiger partial charge in [-0.15, -0.1) is 0 Å². The normalized spacial score (nSPS) is 12.2. The number of hydrogen-bond acceptors (Lipinski definition) is 4. The molecule has 0 fully saturated rings. The zero-order chi connectivity index (χ0) is 20.2. The minimum atomic E-state index is 0.120. The maximum Gasteiger partial charge on any atom is 0.164 e. The molecule has 0 unspecified atom stereocenters. The standard InChI is InChI=1S/C24H24N4O/c1-3-19(29)13-17(2)20-11-7-8-12-21(20)22-23-24(26-15-25-22)28(16-27-23)14-18-9-5-4-6-10-18/h4-12,15-17H,3,13-14H2,1-2H3/t17-/m0/s1. The Hall–Kier alpha value is -3.34. The molecule has 146 valence electrons. The molecule has 0 radical (unpaired) electrons. The van der Waals surface area contributed by atoms with Crippen molar-refractivity contribution >= 4 is 16.9 Å². The first-order valence-corrected chi connectivity index (χ1v) is 9.98. The van der Waals surface area contributed by atoms with E-state index in [1.807, 2.05) is 48.1 Å². The van der Waals surface area contributed by atoms with Gasteiger partial charge in [0.1, 0.15) is 23.3 Å². The number of nitrogens with zero attached hydrogens (tertiary/aromatic N) is 4. The average Bonchev–Trinajstić information content (AvgIpc) is 3.17. The van der Waals surface area contributed by atoms with Crippen LogP contribution in [0.1, 0.15) is 43.7 Å². The molecule has 0 aliphatic rings. The quantitative estimate of drug-likeness (QED) is 0.449. The molecule has 2 aromatic carbocycles. The third kappa shape index (κ3) is 3.94. The Morgan fingerprint density at radius 2 is 1.76 bits per heavy atom. The molecule has 4 aromatic rings. The highest BCUT2D eigenvalue weighted by Gasteiger charge is 2.19. The third-order valence-corrected chi connectivity index (χ3v) is 5.27. The highest BCUT2D eigenvalue weighted by Crippen LogP contribution is 2.33. The summed E-state index contributed by atoms with van der Waals surface area (Å²) in [5.41, 5.74) is 5.73. The van der Waals surface area contributed by atoms with Crippen molar-refractivity contribution in [3.05, 3.63) is 78.4 Å². The van der Waals surface area contributed by atoms with Gasteiger partial charge in [-0.25, -0.2) is 15.0 Å². The number of rotatable bonds is 7. The molecule has 5 heteroatoms. The maximum atomic E-state index is 12.0. The summed E-state index contributed by atoms with van der Waals surface area (Å²) in [4.78, 5) is 25.7. The van der Waals surface area contributed by atoms with Crippen molar-refractivity contribution in [1.29, 1.82) is 0 Å². The number of benzene rings is 2. The van der Waals surface area contributed by atoms with Gasteiger partial charge in [-0.05, 0) is 17.0 Å². The summed E-state index contributed by atoms with van der Waals surface area (Å²) < 4.78 is 2.04. The van der Waals surface area contributed by atoms with Crippen molar-refractivity contribution in [1.82, 2.24) is 19.5 Å². The highest BCUT2D eigenvalue weighted by molar-refractivity contribution is 5.88. The zero-order valence-corrected chi connectivity index (χ0v) is 16.7. The van der Waals surface area contributed by atoms with Crippen LogP contribution in [0, 0.1) is 0 Å². The van der Waals surface area contributed by atoms with Gasteiger partial charge in [0.15, 0.2) is 5.65 Å². The van der Waals surface area contributed by atoms with Crippen LogP contribution in [0.3, 0.4) is 0 Å². The third-order valence-electron chi connectivity index (χ3n) is 5.27. The van der Waals surface area contributed by atoms with Gasteiger partial charge in [0, 0.05) is 18.4 Å². The predicted molar refractivity (Wildman–Crippen MR) is 115 cm³/mol. The van der Waals surface area contributed by atoms with Crippen molar-refractivity contribution in [2.45, 2.75) is 39.2 Å². The molecule has 0 saturated heterocycles. The second-order valence-electron chi connectivity index (χ2n) is 7.34. The summed E-state index contributed by atoms with van der Waals surface area (Å²) in [6, 6.07) is 18.4. The molecule has 2 aromatic heterocycles. The number of aromatic nitrogens is 4. The lowest BCUT2D eigenvalue weighted by Crippen LogP contribution is -2.05. The van der Waals surface area contributed by atoms with Gasteiger partial charge in [-0.1, -0.05) is 68.4 Å². The van der Waals surface area contributed by atoms with Crippen molar-refractivity contribution in [2.24, 2.45) is 0 Å². The van der Waals surface area contributed by atoms with E-state index in [0.29, 0.717) is 19.4 Å². The molecule has 1 atom stereocenters. The van der Waals surface area contributed by atoms with E-state index in [1.165, 1.54) is 5.56 Å². The fourth-order valence-electron chi connectivity index (χ4n) is 3.71. The molecule has 0 bridgehead atoms. The molecule has 0 spiro atoms. The van der Waals surface area contributed by atoms with E-state index < -0.39 is 0 Å². The molecule has 0 N–H and O–H groups in total. The Morgan fingerprint density at radius 1 is 1.00 bits per heavy atom. The first-order valence-electron chi connectivity index (χ1n) is 9.98. The smallest absolute Gasteiger partial charge is 0.164 e. The van der Waals surface area contributed by atoms with Gasteiger partial charge < -0.3 is 4.57 Å². The van der Waals surface area contributed by atoms with E-state index >= 15 is 0 Å². The Labute approximate surface area is 170 Å². The maximum absolute atomic E-state index is 12.0. The van der Waals surface area contributed by atoms with Gasteiger partial charge in [-0.2, -0.15) is 0 Å². The minimum Gasteiger partial charge on any atom is -0.311 e. The summed E-state index contributed by atoms with van der Waals surface area (Å²) in [6.07, 6.45) is 4.51. The van der Waals surface area contributed by atoms with Gasteiger partial charge in [0.25, 0.3) is 0 Å². The van der Waals surface area contributed by atoms with Crippen molar-refractivity contribution in [3.63, 3.8) is 0 Å². The van der Waals surface area contributed by atoms with Crippen LogP contribution >= 0.6 is 0 Å². The number of imidazole rings is 1. The van der Waals surface area contributed by atoms with E-state index in [4.69, 9.17) is 0 Å². The van der Waals surface area contributed by atoms with Gasteiger partial charge in [0.2, 0.25) is 0 Å². The van der Waals surface area contributed by atoms with E-state index in [-0.39, 0.29) is 11.7 Å². The topological polar surface area (TPSA) is 60.7 Å². The Balaban J connectivity index is 1.75.